The minimum Gasteiger partial charge on any atom is -0.338 e. The molecule has 30 heavy (non-hydrogen) atoms. The first-order valence-corrected chi connectivity index (χ1v) is 12.5. The second-order valence-corrected chi connectivity index (χ2v) is 10.7. The molecule has 0 saturated carbocycles. The zero-order chi connectivity index (χ0) is 21.3. The number of carbonyl (C=O) groups excluding carboxylic acids is 1. The van der Waals surface area contributed by atoms with Gasteiger partial charge in [0.2, 0.25) is 15.9 Å². The minimum atomic E-state index is -3.63. The number of nitrogens with zero attached hydrogens (tertiary/aromatic N) is 2. The van der Waals surface area contributed by atoms with Gasteiger partial charge in [0.1, 0.15) is 0 Å². The Morgan fingerprint density at radius 1 is 1.00 bits per heavy atom. The molecule has 0 aliphatic carbocycles. The Morgan fingerprint density at radius 3 is 2.43 bits per heavy atom. The predicted molar refractivity (Wildman–Crippen MR) is 119 cm³/mol. The number of hydrogen-bond acceptors (Lipinski definition) is 3. The predicted octanol–water partition coefficient (Wildman–Crippen LogP) is 4.12. The van der Waals surface area contributed by atoms with Crippen LogP contribution in [0.4, 0.5) is 0 Å². The fourth-order valence-corrected chi connectivity index (χ4v) is 6.64. The number of sulfonamides is 1. The van der Waals surface area contributed by atoms with Crippen molar-refractivity contribution in [1.29, 1.82) is 0 Å². The van der Waals surface area contributed by atoms with E-state index in [1.54, 1.807) is 18.2 Å². The van der Waals surface area contributed by atoms with E-state index in [1.165, 1.54) is 15.4 Å². The van der Waals surface area contributed by atoms with Crippen molar-refractivity contribution < 1.29 is 13.2 Å². The first kappa shape index (κ1) is 21.6. The number of hydrogen-bond donors (Lipinski definition) is 0. The lowest BCUT2D eigenvalue weighted by Gasteiger charge is -2.36. The lowest BCUT2D eigenvalue weighted by molar-refractivity contribution is -0.137. The lowest BCUT2D eigenvalue weighted by Crippen LogP contribution is -2.48. The Bertz CT molecular complexity index is 1040. The third-order valence-corrected chi connectivity index (χ3v) is 8.44. The molecule has 1 fully saturated rings. The van der Waals surface area contributed by atoms with Crippen molar-refractivity contribution in [2.75, 3.05) is 19.6 Å². The van der Waals surface area contributed by atoms with Crippen molar-refractivity contribution in [3.63, 3.8) is 0 Å². The van der Waals surface area contributed by atoms with Crippen molar-refractivity contribution in [1.82, 2.24) is 9.21 Å². The molecule has 1 atom stereocenters. The molecule has 2 heterocycles. The second-order valence-electron chi connectivity index (χ2n) is 7.93. The van der Waals surface area contributed by atoms with Gasteiger partial charge in [-0.1, -0.05) is 53.5 Å². The van der Waals surface area contributed by atoms with E-state index in [4.69, 9.17) is 23.2 Å². The summed E-state index contributed by atoms with van der Waals surface area (Å²) >= 11 is 12.3. The van der Waals surface area contributed by atoms with Crippen LogP contribution in [0.15, 0.2) is 42.5 Å². The van der Waals surface area contributed by atoms with Crippen molar-refractivity contribution >= 4 is 39.1 Å². The standard InChI is InChI=1S/C22H24Cl2N2O3S/c23-20-8-3-9-21(24)19(20)15-30(28,29)26-11-4-7-18(14-26)22(27)25-12-10-16-5-1-2-6-17(16)13-25/h1-3,5-6,8-9,18H,4,7,10-15H2/t18-/m1/s1. The maximum Gasteiger partial charge on any atom is 0.227 e. The monoisotopic (exact) mass is 466 g/mol. The van der Waals surface area contributed by atoms with Crippen LogP contribution < -0.4 is 0 Å². The van der Waals surface area contributed by atoms with E-state index in [2.05, 4.69) is 12.1 Å². The molecule has 1 saturated heterocycles. The zero-order valence-electron chi connectivity index (χ0n) is 16.6. The highest BCUT2D eigenvalue weighted by molar-refractivity contribution is 7.88. The highest BCUT2D eigenvalue weighted by Gasteiger charge is 2.35. The maximum atomic E-state index is 13.2. The number of amides is 1. The molecular formula is C22H24Cl2N2O3S. The van der Waals surface area contributed by atoms with E-state index in [0.717, 1.165) is 6.42 Å². The van der Waals surface area contributed by atoms with Gasteiger partial charge in [-0.05, 0) is 42.5 Å². The SMILES string of the molecule is O=C([C@@H]1CCCN(S(=O)(=O)Cc2c(Cl)cccc2Cl)C1)N1CCc2ccccc2C1. The molecule has 4 rings (SSSR count). The van der Waals surface area contributed by atoms with Gasteiger partial charge in [-0.25, -0.2) is 12.7 Å². The van der Waals surface area contributed by atoms with E-state index in [1.807, 2.05) is 17.0 Å². The van der Waals surface area contributed by atoms with Crippen molar-refractivity contribution in [3.8, 4) is 0 Å². The van der Waals surface area contributed by atoms with Gasteiger partial charge in [0, 0.05) is 41.8 Å². The zero-order valence-corrected chi connectivity index (χ0v) is 18.9. The van der Waals surface area contributed by atoms with Crippen molar-refractivity contribution in [3.05, 3.63) is 69.2 Å². The fourth-order valence-electron chi connectivity index (χ4n) is 4.28. The van der Waals surface area contributed by atoms with Gasteiger partial charge in [-0.2, -0.15) is 0 Å². The molecule has 0 bridgehead atoms. The molecule has 0 unspecified atom stereocenters. The van der Waals surface area contributed by atoms with Crippen LogP contribution in [0.25, 0.3) is 0 Å². The van der Waals surface area contributed by atoms with E-state index in [0.29, 0.717) is 48.1 Å². The molecule has 2 aliphatic rings. The van der Waals surface area contributed by atoms with Crippen molar-refractivity contribution in [2.45, 2.75) is 31.6 Å². The number of rotatable bonds is 4. The van der Waals surface area contributed by atoms with Crippen LogP contribution in [-0.4, -0.2) is 43.2 Å². The molecule has 2 aromatic carbocycles. The third kappa shape index (κ3) is 4.52. The summed E-state index contributed by atoms with van der Waals surface area (Å²) in [5, 5.41) is 0.672. The summed E-state index contributed by atoms with van der Waals surface area (Å²) in [6.45, 7) is 1.89. The molecule has 8 heteroatoms. The van der Waals surface area contributed by atoms with Crippen LogP contribution in [0.3, 0.4) is 0 Å². The highest BCUT2D eigenvalue weighted by Crippen LogP contribution is 2.30. The first-order valence-electron chi connectivity index (χ1n) is 10.1. The molecule has 0 spiro atoms. The van der Waals surface area contributed by atoms with E-state index in [-0.39, 0.29) is 24.1 Å². The smallest absolute Gasteiger partial charge is 0.227 e. The summed E-state index contributed by atoms with van der Waals surface area (Å²) in [7, 11) is -3.63. The minimum absolute atomic E-state index is 0.0418. The maximum absolute atomic E-state index is 13.2. The average molecular weight is 467 g/mol. The topological polar surface area (TPSA) is 57.7 Å². The van der Waals surface area contributed by atoms with Crippen LogP contribution >= 0.6 is 23.2 Å². The molecule has 160 valence electrons. The van der Waals surface area contributed by atoms with Gasteiger partial charge in [0.25, 0.3) is 0 Å². The van der Waals surface area contributed by atoms with Gasteiger partial charge in [0.05, 0.1) is 11.7 Å². The fraction of sp³-hybridized carbons (Fsp3) is 0.409. The Morgan fingerprint density at radius 2 is 1.70 bits per heavy atom. The molecule has 0 N–H and O–H groups in total. The summed E-state index contributed by atoms with van der Waals surface area (Å²) in [6.07, 6.45) is 2.20. The Balaban J connectivity index is 1.46. The first-order chi connectivity index (χ1) is 14.3. The molecule has 2 aromatic rings. The summed E-state index contributed by atoms with van der Waals surface area (Å²) in [5.41, 5.74) is 2.86. The molecule has 0 radical (unpaired) electrons. The largest absolute Gasteiger partial charge is 0.338 e. The lowest BCUT2D eigenvalue weighted by atomic mass is 9.95. The molecule has 1 amide bonds. The Kier molecular flexibility index (Phi) is 6.39. The number of halogens is 2. The molecule has 2 aliphatic heterocycles. The van der Waals surface area contributed by atoms with Crippen molar-refractivity contribution in [2.24, 2.45) is 5.92 Å². The van der Waals surface area contributed by atoms with Crippen LogP contribution in [0.5, 0.6) is 0 Å². The number of piperidine rings is 1. The molecule has 0 aromatic heterocycles. The number of fused-ring (bicyclic) bond motifs is 1. The van der Waals surface area contributed by atoms with Crippen LogP contribution in [0.1, 0.15) is 29.5 Å². The second kappa shape index (κ2) is 8.87. The van der Waals surface area contributed by atoms with E-state index < -0.39 is 10.0 Å². The quantitative estimate of drug-likeness (QED) is 0.680. The molecular weight excluding hydrogens is 443 g/mol. The number of carbonyl (C=O) groups is 1. The average Bonchev–Trinajstić information content (AvgIpc) is 2.75. The Hall–Kier alpha value is -1.60. The van der Waals surface area contributed by atoms with Crippen LogP contribution in [0.2, 0.25) is 10.0 Å². The van der Waals surface area contributed by atoms with E-state index in [9.17, 15) is 13.2 Å². The third-order valence-electron chi connectivity index (χ3n) is 5.96. The summed E-state index contributed by atoms with van der Waals surface area (Å²) in [5.74, 6) is -0.538. The summed E-state index contributed by atoms with van der Waals surface area (Å²) in [4.78, 5) is 15.0. The van der Waals surface area contributed by atoms with Gasteiger partial charge in [0.15, 0.2) is 0 Å². The van der Waals surface area contributed by atoms with Gasteiger partial charge >= 0.3 is 0 Å². The van der Waals surface area contributed by atoms with Crippen LogP contribution in [0, 0.1) is 5.92 Å². The van der Waals surface area contributed by atoms with Gasteiger partial charge < -0.3 is 4.90 Å². The van der Waals surface area contributed by atoms with Gasteiger partial charge in [-0.3, -0.25) is 4.79 Å². The van der Waals surface area contributed by atoms with Crippen LogP contribution in [-0.2, 0) is 33.5 Å². The molecule has 5 nitrogen and oxygen atoms in total. The van der Waals surface area contributed by atoms with Gasteiger partial charge in [-0.15, -0.1) is 0 Å². The highest BCUT2D eigenvalue weighted by atomic mass is 35.5. The van der Waals surface area contributed by atoms with E-state index >= 15 is 0 Å². The normalized spacial score (nSPS) is 20.1. The number of benzene rings is 2. The summed E-state index contributed by atoms with van der Waals surface area (Å²) < 4.78 is 27.5. The Labute approximate surface area is 187 Å². The summed E-state index contributed by atoms with van der Waals surface area (Å²) in [6, 6.07) is 13.1.